The summed E-state index contributed by atoms with van der Waals surface area (Å²) in [6, 6.07) is 0. The van der Waals surface area contributed by atoms with Gasteiger partial charge in [0.2, 0.25) is 0 Å². The van der Waals surface area contributed by atoms with Crippen LogP contribution in [-0.2, 0) is 17.6 Å². The van der Waals surface area contributed by atoms with E-state index in [1.807, 2.05) is 0 Å². The zero-order valence-electron chi connectivity index (χ0n) is 10.4. The molecule has 1 unspecified atom stereocenters. The van der Waals surface area contributed by atoms with Crippen molar-refractivity contribution in [3.8, 4) is 0 Å². The summed E-state index contributed by atoms with van der Waals surface area (Å²) in [5.74, 6) is 0. The number of nitrogens with zero attached hydrogens (tertiary/aromatic N) is 2. The SMILES string of the molecule is CCNCCc1nnc(CCC2CCCO2)s1. The van der Waals surface area contributed by atoms with Gasteiger partial charge in [0.25, 0.3) is 0 Å². The number of aryl methyl sites for hydroxylation is 1. The molecule has 0 aliphatic carbocycles. The Labute approximate surface area is 107 Å². The van der Waals surface area contributed by atoms with Crippen LogP contribution in [0.2, 0.25) is 0 Å². The predicted octanol–water partition coefficient (Wildman–Crippen LogP) is 1.80. The van der Waals surface area contributed by atoms with Gasteiger partial charge in [-0.15, -0.1) is 21.5 Å². The molecule has 0 aromatic carbocycles. The van der Waals surface area contributed by atoms with Gasteiger partial charge in [-0.25, -0.2) is 0 Å². The van der Waals surface area contributed by atoms with Crippen molar-refractivity contribution in [2.75, 3.05) is 19.7 Å². The summed E-state index contributed by atoms with van der Waals surface area (Å²) in [6.45, 7) is 5.07. The largest absolute Gasteiger partial charge is 0.378 e. The van der Waals surface area contributed by atoms with Gasteiger partial charge in [-0.3, -0.25) is 0 Å². The maximum absolute atomic E-state index is 5.61. The van der Waals surface area contributed by atoms with Crippen LogP contribution in [0.25, 0.3) is 0 Å². The Kier molecular flexibility index (Phi) is 5.35. The van der Waals surface area contributed by atoms with Gasteiger partial charge < -0.3 is 10.1 Å². The van der Waals surface area contributed by atoms with Crippen LogP contribution in [0.1, 0.15) is 36.2 Å². The van der Waals surface area contributed by atoms with Crippen molar-refractivity contribution in [2.24, 2.45) is 0 Å². The van der Waals surface area contributed by atoms with Crippen molar-refractivity contribution in [3.63, 3.8) is 0 Å². The zero-order valence-corrected chi connectivity index (χ0v) is 11.3. The van der Waals surface area contributed by atoms with E-state index in [4.69, 9.17) is 4.74 Å². The molecular formula is C12H21N3OS. The summed E-state index contributed by atoms with van der Waals surface area (Å²) in [5, 5.41) is 14.1. The lowest BCUT2D eigenvalue weighted by molar-refractivity contribution is 0.104. The van der Waals surface area contributed by atoms with Gasteiger partial charge in [0.05, 0.1) is 6.10 Å². The maximum Gasteiger partial charge on any atom is 0.118 e. The first-order valence-corrected chi connectivity index (χ1v) is 7.33. The zero-order chi connectivity index (χ0) is 11.9. The van der Waals surface area contributed by atoms with Crippen LogP contribution in [0.3, 0.4) is 0 Å². The Morgan fingerprint density at radius 3 is 2.88 bits per heavy atom. The van der Waals surface area contributed by atoms with Crippen molar-refractivity contribution < 1.29 is 4.74 Å². The number of rotatable bonds is 7. The van der Waals surface area contributed by atoms with E-state index in [1.54, 1.807) is 11.3 Å². The molecular weight excluding hydrogens is 234 g/mol. The average Bonchev–Trinajstić information content (AvgIpc) is 2.98. The molecule has 1 aromatic rings. The third-order valence-corrected chi connectivity index (χ3v) is 4.02. The van der Waals surface area contributed by atoms with Crippen LogP contribution in [0, 0.1) is 0 Å². The summed E-state index contributed by atoms with van der Waals surface area (Å²) in [7, 11) is 0. The lowest BCUT2D eigenvalue weighted by Crippen LogP contribution is -2.15. The minimum absolute atomic E-state index is 0.462. The van der Waals surface area contributed by atoms with Gasteiger partial charge >= 0.3 is 0 Å². The molecule has 0 saturated carbocycles. The molecule has 1 aliphatic heterocycles. The Bertz CT molecular complexity index is 323. The smallest absolute Gasteiger partial charge is 0.118 e. The van der Waals surface area contributed by atoms with Crippen molar-refractivity contribution in [2.45, 2.75) is 45.1 Å². The lowest BCUT2D eigenvalue weighted by Gasteiger charge is -2.06. The number of hydrogen-bond acceptors (Lipinski definition) is 5. The van der Waals surface area contributed by atoms with Crippen LogP contribution in [-0.4, -0.2) is 36.0 Å². The van der Waals surface area contributed by atoms with Gasteiger partial charge in [0.15, 0.2) is 0 Å². The molecule has 4 nitrogen and oxygen atoms in total. The average molecular weight is 255 g/mol. The van der Waals surface area contributed by atoms with Gasteiger partial charge in [-0.05, 0) is 25.8 Å². The Balaban J connectivity index is 1.69. The standard InChI is InChI=1S/C12H21N3OS/c1-2-13-8-7-12-15-14-11(17-12)6-5-10-4-3-9-16-10/h10,13H,2-9H2,1H3. The quantitative estimate of drug-likeness (QED) is 0.755. The van der Waals surface area contributed by atoms with Crippen molar-refractivity contribution in [1.82, 2.24) is 15.5 Å². The Hall–Kier alpha value is -0.520. The summed E-state index contributed by atoms with van der Waals surface area (Å²) >= 11 is 1.75. The number of hydrogen-bond donors (Lipinski definition) is 1. The van der Waals surface area contributed by atoms with E-state index in [0.717, 1.165) is 49.0 Å². The van der Waals surface area contributed by atoms with Crippen molar-refractivity contribution in [1.29, 1.82) is 0 Å². The fourth-order valence-corrected chi connectivity index (χ4v) is 2.88. The van der Waals surface area contributed by atoms with E-state index >= 15 is 0 Å². The summed E-state index contributed by atoms with van der Waals surface area (Å²) in [5.41, 5.74) is 0. The molecule has 0 spiro atoms. The maximum atomic E-state index is 5.61. The van der Waals surface area contributed by atoms with Crippen LogP contribution < -0.4 is 5.32 Å². The van der Waals surface area contributed by atoms with Crippen LogP contribution in [0.5, 0.6) is 0 Å². The van der Waals surface area contributed by atoms with Gasteiger partial charge in [-0.2, -0.15) is 0 Å². The highest BCUT2D eigenvalue weighted by Gasteiger charge is 2.16. The fraction of sp³-hybridized carbons (Fsp3) is 0.833. The first kappa shape index (κ1) is 12.9. The molecule has 1 saturated heterocycles. The number of ether oxygens (including phenoxy) is 1. The van der Waals surface area contributed by atoms with Crippen molar-refractivity contribution >= 4 is 11.3 Å². The molecule has 5 heteroatoms. The van der Waals surface area contributed by atoms with Gasteiger partial charge in [0.1, 0.15) is 10.0 Å². The topological polar surface area (TPSA) is 47.0 Å². The third kappa shape index (κ3) is 4.33. The summed E-state index contributed by atoms with van der Waals surface area (Å²) in [6.07, 6.45) is 6.00. The summed E-state index contributed by atoms with van der Waals surface area (Å²) in [4.78, 5) is 0. The van der Waals surface area contributed by atoms with Crippen LogP contribution >= 0.6 is 11.3 Å². The monoisotopic (exact) mass is 255 g/mol. The van der Waals surface area contributed by atoms with Gasteiger partial charge in [0, 0.05) is 26.0 Å². The molecule has 1 fully saturated rings. The van der Waals surface area contributed by atoms with Crippen molar-refractivity contribution in [3.05, 3.63) is 10.0 Å². The van der Waals surface area contributed by atoms with E-state index in [0.29, 0.717) is 6.10 Å². The molecule has 2 rings (SSSR count). The Morgan fingerprint density at radius 2 is 2.18 bits per heavy atom. The molecule has 1 aromatic heterocycles. The highest BCUT2D eigenvalue weighted by molar-refractivity contribution is 7.11. The molecule has 2 heterocycles. The minimum Gasteiger partial charge on any atom is -0.378 e. The third-order valence-electron chi connectivity index (χ3n) is 2.98. The van der Waals surface area contributed by atoms with E-state index < -0.39 is 0 Å². The van der Waals surface area contributed by atoms with E-state index in [-0.39, 0.29) is 0 Å². The Morgan fingerprint density at radius 1 is 1.35 bits per heavy atom. The van der Waals surface area contributed by atoms with Gasteiger partial charge in [-0.1, -0.05) is 6.92 Å². The van der Waals surface area contributed by atoms with E-state index in [2.05, 4.69) is 22.4 Å². The van der Waals surface area contributed by atoms with Crippen LogP contribution in [0.15, 0.2) is 0 Å². The molecule has 0 amide bonds. The molecule has 1 aliphatic rings. The van der Waals surface area contributed by atoms with E-state index in [9.17, 15) is 0 Å². The highest BCUT2D eigenvalue weighted by atomic mass is 32.1. The summed E-state index contributed by atoms with van der Waals surface area (Å²) < 4.78 is 5.61. The molecule has 0 radical (unpaired) electrons. The molecule has 1 atom stereocenters. The van der Waals surface area contributed by atoms with Crippen LogP contribution in [0.4, 0.5) is 0 Å². The second-order valence-electron chi connectivity index (χ2n) is 4.37. The second-order valence-corrected chi connectivity index (χ2v) is 5.51. The number of likely N-dealkylation sites (N-methyl/N-ethyl adjacent to an activating group) is 1. The first-order valence-electron chi connectivity index (χ1n) is 6.52. The number of aromatic nitrogens is 2. The molecule has 0 bridgehead atoms. The normalized spacial score (nSPS) is 19.9. The fourth-order valence-electron chi connectivity index (χ4n) is 2.02. The second kappa shape index (κ2) is 7.03. The lowest BCUT2D eigenvalue weighted by atomic mass is 10.1. The minimum atomic E-state index is 0.462. The highest BCUT2D eigenvalue weighted by Crippen LogP contribution is 2.19. The molecule has 96 valence electrons. The molecule has 17 heavy (non-hydrogen) atoms. The number of nitrogens with one attached hydrogen (secondary N) is 1. The molecule has 1 N–H and O–H groups in total. The predicted molar refractivity (Wildman–Crippen MR) is 69.5 cm³/mol. The first-order chi connectivity index (χ1) is 8.38. The van der Waals surface area contributed by atoms with E-state index in [1.165, 1.54) is 12.8 Å².